The number of likely N-dealkylation sites (tertiary alicyclic amines) is 1. The van der Waals surface area contributed by atoms with Gasteiger partial charge in [-0.1, -0.05) is 30.3 Å². The van der Waals surface area contributed by atoms with E-state index in [9.17, 15) is 9.90 Å². The van der Waals surface area contributed by atoms with Crippen LogP contribution in [0.1, 0.15) is 52.9 Å². The van der Waals surface area contributed by atoms with Gasteiger partial charge in [-0.25, -0.2) is 0 Å². The molecule has 3 aromatic rings. The summed E-state index contributed by atoms with van der Waals surface area (Å²) in [6.07, 6.45) is 6.41. The molecule has 6 heteroatoms. The summed E-state index contributed by atoms with van der Waals surface area (Å²) in [5.74, 6) is 0.121. The number of hydrogen-bond acceptors (Lipinski definition) is 5. The zero-order chi connectivity index (χ0) is 25.2. The Morgan fingerprint density at radius 1 is 0.838 bits per heavy atom. The van der Waals surface area contributed by atoms with Crippen LogP contribution in [0.25, 0.3) is 0 Å². The highest BCUT2D eigenvalue weighted by atomic mass is 16.3. The standard InChI is InChI=1S/C31H36N4O2/c36-30(35-18-12-24-5-1-2-6-26(24)23-35)25-8-10-27(11-9-25)33-19-13-28(14-20-33)34-21-15-31(37,16-22-34)29-7-3-4-17-32-29/h1-11,17,28,37H,12-16,18-23H2. The highest BCUT2D eigenvalue weighted by Crippen LogP contribution is 2.34. The number of rotatable bonds is 4. The average Bonchev–Trinajstić information content (AvgIpc) is 2.98. The van der Waals surface area contributed by atoms with Crippen LogP contribution in [0.15, 0.2) is 72.9 Å². The van der Waals surface area contributed by atoms with E-state index >= 15 is 0 Å². The number of piperidine rings is 2. The van der Waals surface area contributed by atoms with Crippen molar-refractivity contribution in [2.75, 3.05) is 37.6 Å². The summed E-state index contributed by atoms with van der Waals surface area (Å²) in [6.45, 7) is 5.33. The highest BCUT2D eigenvalue weighted by molar-refractivity contribution is 5.94. The number of nitrogens with zero attached hydrogens (tertiary/aromatic N) is 4. The predicted molar refractivity (Wildman–Crippen MR) is 146 cm³/mol. The van der Waals surface area contributed by atoms with Crippen LogP contribution in [0, 0.1) is 0 Å². The third-order valence-corrected chi connectivity index (χ3v) is 8.65. The number of aromatic nitrogens is 1. The number of carbonyl (C=O) groups excluding carboxylic acids is 1. The second kappa shape index (κ2) is 10.3. The van der Waals surface area contributed by atoms with Crippen molar-refractivity contribution in [3.05, 3.63) is 95.3 Å². The molecule has 1 aromatic heterocycles. The van der Waals surface area contributed by atoms with Crippen molar-refractivity contribution in [1.82, 2.24) is 14.8 Å². The molecule has 2 fully saturated rings. The largest absolute Gasteiger partial charge is 0.383 e. The van der Waals surface area contributed by atoms with Gasteiger partial charge < -0.3 is 19.8 Å². The van der Waals surface area contributed by atoms with Crippen molar-refractivity contribution in [1.29, 1.82) is 0 Å². The van der Waals surface area contributed by atoms with Crippen LogP contribution in [0.3, 0.4) is 0 Å². The summed E-state index contributed by atoms with van der Waals surface area (Å²) >= 11 is 0. The van der Waals surface area contributed by atoms with Crippen molar-refractivity contribution >= 4 is 11.6 Å². The monoisotopic (exact) mass is 496 g/mol. The zero-order valence-corrected chi connectivity index (χ0v) is 21.4. The van der Waals surface area contributed by atoms with Gasteiger partial charge in [0.15, 0.2) is 0 Å². The van der Waals surface area contributed by atoms with Gasteiger partial charge in [-0.05, 0) is 79.6 Å². The molecule has 37 heavy (non-hydrogen) atoms. The number of anilines is 1. The Morgan fingerprint density at radius 2 is 1.54 bits per heavy atom. The first-order valence-electron chi connectivity index (χ1n) is 13.7. The molecule has 2 aromatic carbocycles. The summed E-state index contributed by atoms with van der Waals surface area (Å²) in [6, 6.07) is 23.0. The van der Waals surface area contributed by atoms with Crippen molar-refractivity contribution in [3.63, 3.8) is 0 Å². The average molecular weight is 497 g/mol. The van der Waals surface area contributed by atoms with Crippen LogP contribution in [0.2, 0.25) is 0 Å². The number of carbonyl (C=O) groups is 1. The van der Waals surface area contributed by atoms with Gasteiger partial charge in [0.1, 0.15) is 5.60 Å². The van der Waals surface area contributed by atoms with E-state index in [1.807, 2.05) is 35.2 Å². The van der Waals surface area contributed by atoms with Gasteiger partial charge in [0.2, 0.25) is 0 Å². The van der Waals surface area contributed by atoms with Crippen molar-refractivity contribution in [2.45, 2.75) is 50.3 Å². The first-order chi connectivity index (χ1) is 18.1. The van der Waals surface area contributed by atoms with Crippen molar-refractivity contribution in [2.24, 2.45) is 0 Å². The molecule has 1 N–H and O–H groups in total. The number of pyridine rings is 1. The Kier molecular flexibility index (Phi) is 6.70. The quantitative estimate of drug-likeness (QED) is 0.586. The Labute approximate surface area is 219 Å². The summed E-state index contributed by atoms with van der Waals surface area (Å²) < 4.78 is 0. The van der Waals surface area contributed by atoms with Crippen LogP contribution < -0.4 is 4.90 Å². The lowest BCUT2D eigenvalue weighted by Crippen LogP contribution is -2.51. The maximum Gasteiger partial charge on any atom is 0.254 e. The number of fused-ring (bicyclic) bond motifs is 1. The van der Waals surface area contributed by atoms with E-state index < -0.39 is 5.60 Å². The normalized spacial score (nSPS) is 20.5. The molecule has 3 aliphatic rings. The Hall–Kier alpha value is -3.22. The minimum Gasteiger partial charge on any atom is -0.383 e. The van der Waals surface area contributed by atoms with E-state index in [0.717, 1.165) is 76.1 Å². The molecule has 0 saturated carbocycles. The minimum atomic E-state index is -0.796. The molecule has 1 amide bonds. The smallest absolute Gasteiger partial charge is 0.254 e. The summed E-state index contributed by atoms with van der Waals surface area (Å²) in [5.41, 5.74) is 4.59. The molecule has 0 unspecified atom stereocenters. The van der Waals surface area contributed by atoms with E-state index in [1.165, 1.54) is 16.8 Å². The SMILES string of the molecule is O=C(c1ccc(N2CCC(N3CCC(O)(c4ccccn4)CC3)CC2)cc1)N1CCc2ccccc2C1. The molecular formula is C31H36N4O2. The fraction of sp³-hybridized carbons (Fsp3) is 0.419. The van der Waals surface area contributed by atoms with Gasteiger partial charge in [0, 0.05) is 62.8 Å². The highest BCUT2D eigenvalue weighted by Gasteiger charge is 2.37. The molecule has 6 rings (SSSR count). The van der Waals surface area contributed by atoms with Gasteiger partial charge in [0.05, 0.1) is 5.69 Å². The zero-order valence-electron chi connectivity index (χ0n) is 21.4. The summed E-state index contributed by atoms with van der Waals surface area (Å²) in [7, 11) is 0. The molecular weight excluding hydrogens is 460 g/mol. The molecule has 6 nitrogen and oxygen atoms in total. The van der Waals surface area contributed by atoms with Crippen LogP contribution in [0.4, 0.5) is 5.69 Å². The molecule has 0 spiro atoms. The molecule has 3 aliphatic heterocycles. The first-order valence-corrected chi connectivity index (χ1v) is 13.7. The minimum absolute atomic E-state index is 0.121. The fourth-order valence-electron chi connectivity index (χ4n) is 6.31. The van der Waals surface area contributed by atoms with E-state index in [1.54, 1.807) is 6.20 Å². The summed E-state index contributed by atoms with van der Waals surface area (Å²) in [4.78, 5) is 24.5. The number of amides is 1. The van der Waals surface area contributed by atoms with E-state index in [2.05, 4.69) is 51.2 Å². The van der Waals surface area contributed by atoms with E-state index in [-0.39, 0.29) is 5.91 Å². The molecule has 192 valence electrons. The Bertz CT molecular complexity index is 1210. The van der Waals surface area contributed by atoms with Gasteiger partial charge in [-0.3, -0.25) is 9.78 Å². The number of benzene rings is 2. The van der Waals surface area contributed by atoms with Gasteiger partial charge >= 0.3 is 0 Å². The molecule has 0 aliphatic carbocycles. The lowest BCUT2D eigenvalue weighted by molar-refractivity contribution is -0.0409. The second-order valence-electron chi connectivity index (χ2n) is 10.8. The van der Waals surface area contributed by atoms with E-state index in [0.29, 0.717) is 12.6 Å². The topological polar surface area (TPSA) is 59.9 Å². The number of hydrogen-bond donors (Lipinski definition) is 1. The van der Waals surface area contributed by atoms with Gasteiger partial charge in [0.25, 0.3) is 5.91 Å². The van der Waals surface area contributed by atoms with Crippen LogP contribution in [-0.2, 0) is 18.6 Å². The van der Waals surface area contributed by atoms with E-state index in [4.69, 9.17) is 0 Å². The lowest BCUT2D eigenvalue weighted by atomic mass is 9.86. The molecule has 4 heterocycles. The van der Waals surface area contributed by atoms with Crippen LogP contribution >= 0.6 is 0 Å². The lowest BCUT2D eigenvalue weighted by Gasteiger charge is -2.44. The molecule has 0 atom stereocenters. The van der Waals surface area contributed by atoms with Crippen LogP contribution in [-0.4, -0.2) is 64.6 Å². The Balaban J connectivity index is 1.01. The third-order valence-electron chi connectivity index (χ3n) is 8.65. The van der Waals surface area contributed by atoms with Crippen molar-refractivity contribution < 1.29 is 9.90 Å². The molecule has 0 bridgehead atoms. The molecule has 0 radical (unpaired) electrons. The third kappa shape index (κ3) is 5.00. The first kappa shape index (κ1) is 24.1. The predicted octanol–water partition coefficient (Wildman–Crippen LogP) is 4.23. The Morgan fingerprint density at radius 3 is 2.24 bits per heavy atom. The van der Waals surface area contributed by atoms with Gasteiger partial charge in [-0.15, -0.1) is 0 Å². The summed E-state index contributed by atoms with van der Waals surface area (Å²) in [5, 5.41) is 11.1. The second-order valence-corrected chi connectivity index (χ2v) is 10.8. The maximum absolute atomic E-state index is 13.1. The molecule has 2 saturated heterocycles. The van der Waals surface area contributed by atoms with Crippen LogP contribution in [0.5, 0.6) is 0 Å². The van der Waals surface area contributed by atoms with Crippen molar-refractivity contribution in [3.8, 4) is 0 Å². The number of aliphatic hydroxyl groups is 1. The van der Waals surface area contributed by atoms with Gasteiger partial charge in [-0.2, -0.15) is 0 Å². The maximum atomic E-state index is 13.1. The fourth-order valence-corrected chi connectivity index (χ4v) is 6.31.